The Hall–Kier alpha value is -1.87. The number of benzene rings is 1. The van der Waals surface area contributed by atoms with Gasteiger partial charge in [0.05, 0.1) is 12.4 Å². The Labute approximate surface area is 116 Å². The van der Waals surface area contributed by atoms with Gasteiger partial charge in [0.15, 0.2) is 0 Å². The molecule has 1 aliphatic heterocycles. The highest BCUT2D eigenvalue weighted by atomic mass is 35.5. The van der Waals surface area contributed by atoms with Crippen molar-refractivity contribution in [2.45, 2.75) is 13.0 Å². The first-order valence-electron chi connectivity index (χ1n) is 6.00. The Bertz CT molecular complexity index is 656. The SMILES string of the molecule is CC1=C2C=C(Cl)C(c3ccccc3F)=CC2N=CN1. The lowest BCUT2D eigenvalue weighted by atomic mass is 9.91. The molecule has 0 saturated heterocycles. The van der Waals surface area contributed by atoms with Crippen molar-refractivity contribution in [3.05, 3.63) is 64.1 Å². The number of nitrogens with one attached hydrogen (secondary N) is 1. The monoisotopic (exact) mass is 274 g/mol. The van der Waals surface area contributed by atoms with Gasteiger partial charge in [0.1, 0.15) is 5.82 Å². The van der Waals surface area contributed by atoms with E-state index < -0.39 is 0 Å². The molecule has 0 aromatic heterocycles. The Morgan fingerprint density at radius 2 is 2.11 bits per heavy atom. The predicted octanol–water partition coefficient (Wildman–Crippen LogP) is 3.62. The summed E-state index contributed by atoms with van der Waals surface area (Å²) in [7, 11) is 0. The third kappa shape index (κ3) is 2.10. The molecule has 0 fully saturated rings. The van der Waals surface area contributed by atoms with Gasteiger partial charge in [0.2, 0.25) is 0 Å². The van der Waals surface area contributed by atoms with Gasteiger partial charge in [0.25, 0.3) is 0 Å². The number of allylic oxidation sites excluding steroid dienone is 3. The number of nitrogens with zero attached hydrogens (tertiary/aromatic N) is 1. The highest BCUT2D eigenvalue weighted by Gasteiger charge is 2.23. The maximum Gasteiger partial charge on any atom is 0.131 e. The van der Waals surface area contributed by atoms with Crippen molar-refractivity contribution in [3.8, 4) is 0 Å². The summed E-state index contributed by atoms with van der Waals surface area (Å²) < 4.78 is 13.9. The molecule has 1 aliphatic carbocycles. The molecule has 0 spiro atoms. The summed E-state index contributed by atoms with van der Waals surface area (Å²) in [5.41, 5.74) is 3.24. The number of fused-ring (bicyclic) bond motifs is 1. The second-order valence-electron chi connectivity index (χ2n) is 4.50. The van der Waals surface area contributed by atoms with Gasteiger partial charge < -0.3 is 5.32 Å². The molecule has 0 bridgehead atoms. The van der Waals surface area contributed by atoms with E-state index in [1.807, 2.05) is 19.1 Å². The molecule has 1 heterocycles. The molecule has 4 heteroatoms. The van der Waals surface area contributed by atoms with Crippen LogP contribution in [0.2, 0.25) is 0 Å². The van der Waals surface area contributed by atoms with Gasteiger partial charge in [-0.15, -0.1) is 0 Å². The zero-order valence-electron chi connectivity index (χ0n) is 10.3. The standard InChI is InChI=1S/C15H12ClFN2/c1-9-11-6-13(16)12(7-15(11)19-8-18-9)10-4-2-3-5-14(10)17/h2-8,15H,1H3,(H,18,19). The molecule has 19 heavy (non-hydrogen) atoms. The zero-order valence-corrected chi connectivity index (χ0v) is 11.1. The van der Waals surface area contributed by atoms with Crippen molar-refractivity contribution in [3.63, 3.8) is 0 Å². The number of rotatable bonds is 1. The lowest BCUT2D eigenvalue weighted by Crippen LogP contribution is -2.24. The van der Waals surface area contributed by atoms with E-state index >= 15 is 0 Å². The number of hydrogen-bond acceptors (Lipinski definition) is 2. The van der Waals surface area contributed by atoms with E-state index in [0.29, 0.717) is 16.2 Å². The van der Waals surface area contributed by atoms with Gasteiger partial charge in [-0.25, -0.2) is 4.39 Å². The molecule has 1 N–H and O–H groups in total. The van der Waals surface area contributed by atoms with Crippen molar-refractivity contribution < 1.29 is 4.39 Å². The van der Waals surface area contributed by atoms with Gasteiger partial charge in [-0.05, 0) is 25.1 Å². The Morgan fingerprint density at radius 1 is 1.32 bits per heavy atom. The first-order valence-corrected chi connectivity index (χ1v) is 6.38. The van der Waals surface area contributed by atoms with Gasteiger partial charge in [-0.2, -0.15) is 0 Å². The van der Waals surface area contributed by atoms with Crippen molar-refractivity contribution in [2.24, 2.45) is 4.99 Å². The van der Waals surface area contributed by atoms with Crippen molar-refractivity contribution in [1.82, 2.24) is 5.32 Å². The largest absolute Gasteiger partial charge is 0.350 e. The van der Waals surface area contributed by atoms with E-state index in [9.17, 15) is 4.39 Å². The summed E-state index contributed by atoms with van der Waals surface area (Å²) in [6, 6.07) is 6.52. The molecule has 0 amide bonds. The molecule has 0 radical (unpaired) electrons. The first kappa shape index (κ1) is 12.2. The van der Waals surface area contributed by atoms with E-state index in [4.69, 9.17) is 11.6 Å². The maximum atomic E-state index is 13.9. The van der Waals surface area contributed by atoms with Crippen LogP contribution in [0.4, 0.5) is 4.39 Å². The maximum absolute atomic E-state index is 13.9. The van der Waals surface area contributed by atoms with Crippen LogP contribution in [0.3, 0.4) is 0 Å². The molecule has 1 atom stereocenters. The number of halogens is 2. The molecular formula is C15H12ClFN2. The average molecular weight is 275 g/mol. The van der Waals surface area contributed by atoms with Crippen LogP contribution in [0.1, 0.15) is 12.5 Å². The second kappa shape index (κ2) is 4.67. The molecular weight excluding hydrogens is 263 g/mol. The minimum absolute atomic E-state index is 0.0987. The van der Waals surface area contributed by atoms with E-state index in [0.717, 1.165) is 11.3 Å². The lowest BCUT2D eigenvalue weighted by Gasteiger charge is -2.24. The Kier molecular flexibility index (Phi) is 2.99. The minimum atomic E-state index is -0.276. The van der Waals surface area contributed by atoms with Crippen LogP contribution in [0.15, 0.2) is 57.7 Å². The van der Waals surface area contributed by atoms with Gasteiger partial charge in [0, 0.05) is 27.4 Å². The number of hydrogen-bond donors (Lipinski definition) is 1. The molecule has 3 rings (SSSR count). The van der Waals surface area contributed by atoms with Gasteiger partial charge >= 0.3 is 0 Å². The topological polar surface area (TPSA) is 24.4 Å². The molecule has 1 unspecified atom stereocenters. The van der Waals surface area contributed by atoms with E-state index in [1.54, 1.807) is 24.5 Å². The lowest BCUT2D eigenvalue weighted by molar-refractivity contribution is 0.624. The normalized spacial score (nSPS) is 21.5. The Balaban J connectivity index is 2.10. The Morgan fingerprint density at radius 3 is 2.89 bits per heavy atom. The summed E-state index contributed by atoms with van der Waals surface area (Å²) >= 11 is 6.29. The van der Waals surface area contributed by atoms with E-state index in [2.05, 4.69) is 10.3 Å². The summed E-state index contributed by atoms with van der Waals surface area (Å²) in [5.74, 6) is -0.276. The molecule has 1 aromatic rings. The highest BCUT2D eigenvalue weighted by molar-refractivity contribution is 6.37. The third-order valence-electron chi connectivity index (χ3n) is 3.30. The smallest absolute Gasteiger partial charge is 0.131 e. The van der Waals surface area contributed by atoms with Crippen LogP contribution in [-0.4, -0.2) is 12.4 Å². The summed E-state index contributed by atoms with van der Waals surface area (Å²) in [6.45, 7) is 1.97. The summed E-state index contributed by atoms with van der Waals surface area (Å²) in [6.07, 6.45) is 5.41. The van der Waals surface area contributed by atoms with Crippen LogP contribution in [0, 0.1) is 5.82 Å². The summed E-state index contributed by atoms with van der Waals surface area (Å²) in [4.78, 5) is 4.35. The first-order chi connectivity index (χ1) is 9.16. The third-order valence-corrected chi connectivity index (χ3v) is 3.61. The minimum Gasteiger partial charge on any atom is -0.350 e. The van der Waals surface area contributed by atoms with Crippen molar-refractivity contribution >= 4 is 23.5 Å². The average Bonchev–Trinajstić information content (AvgIpc) is 2.40. The fourth-order valence-corrected chi connectivity index (χ4v) is 2.56. The van der Waals surface area contributed by atoms with Gasteiger partial charge in [-0.1, -0.05) is 29.8 Å². The van der Waals surface area contributed by atoms with Crippen LogP contribution in [0.5, 0.6) is 0 Å². The number of aliphatic imine (C=N–C) groups is 1. The molecule has 0 saturated carbocycles. The summed E-state index contributed by atoms with van der Waals surface area (Å²) in [5, 5.41) is 3.59. The van der Waals surface area contributed by atoms with E-state index in [-0.39, 0.29) is 11.9 Å². The van der Waals surface area contributed by atoms with Crippen molar-refractivity contribution in [1.29, 1.82) is 0 Å². The van der Waals surface area contributed by atoms with Crippen LogP contribution in [0.25, 0.3) is 5.57 Å². The van der Waals surface area contributed by atoms with Gasteiger partial charge in [-0.3, -0.25) is 4.99 Å². The predicted molar refractivity (Wildman–Crippen MR) is 76.4 cm³/mol. The van der Waals surface area contributed by atoms with Crippen LogP contribution < -0.4 is 5.32 Å². The highest BCUT2D eigenvalue weighted by Crippen LogP contribution is 2.36. The van der Waals surface area contributed by atoms with Crippen LogP contribution >= 0.6 is 11.6 Å². The molecule has 2 aliphatic rings. The van der Waals surface area contributed by atoms with E-state index in [1.165, 1.54) is 6.07 Å². The second-order valence-corrected chi connectivity index (χ2v) is 4.91. The van der Waals surface area contributed by atoms with Crippen molar-refractivity contribution in [2.75, 3.05) is 0 Å². The fraction of sp³-hybridized carbons (Fsp3) is 0.133. The fourth-order valence-electron chi connectivity index (χ4n) is 2.28. The van der Waals surface area contributed by atoms with Crippen LogP contribution in [-0.2, 0) is 0 Å². The molecule has 96 valence electrons. The quantitative estimate of drug-likeness (QED) is 0.831. The molecule has 1 aromatic carbocycles. The molecule has 2 nitrogen and oxygen atoms in total. The zero-order chi connectivity index (χ0) is 13.4.